The normalized spacial score (nSPS) is 12.9. The van der Waals surface area contributed by atoms with Crippen LogP contribution in [0.5, 0.6) is 0 Å². The predicted octanol–water partition coefficient (Wildman–Crippen LogP) is 2.46. The SMILES string of the molecule is CC(N)c1c(F)cccc1Sc1n[nH]c(=O)n1C(C)C. The second-order valence-corrected chi connectivity index (χ2v) is 5.83. The molecular weight excluding hydrogens is 279 g/mol. The first-order valence-corrected chi connectivity index (χ1v) is 7.12. The van der Waals surface area contributed by atoms with Crippen molar-refractivity contribution in [3.05, 3.63) is 40.1 Å². The van der Waals surface area contributed by atoms with E-state index in [-0.39, 0.29) is 17.5 Å². The summed E-state index contributed by atoms with van der Waals surface area (Å²) in [5, 5.41) is 6.90. The summed E-state index contributed by atoms with van der Waals surface area (Å²) in [7, 11) is 0. The summed E-state index contributed by atoms with van der Waals surface area (Å²) < 4.78 is 15.4. The number of H-pyrrole nitrogens is 1. The van der Waals surface area contributed by atoms with E-state index in [4.69, 9.17) is 5.73 Å². The van der Waals surface area contributed by atoms with Crippen molar-refractivity contribution < 1.29 is 4.39 Å². The molecule has 0 aliphatic rings. The zero-order valence-electron chi connectivity index (χ0n) is 11.6. The zero-order chi connectivity index (χ0) is 14.9. The van der Waals surface area contributed by atoms with Crippen LogP contribution in [0.1, 0.15) is 38.4 Å². The molecule has 0 saturated heterocycles. The first-order valence-electron chi connectivity index (χ1n) is 6.30. The van der Waals surface area contributed by atoms with E-state index in [1.165, 1.54) is 22.4 Å². The molecule has 1 heterocycles. The summed E-state index contributed by atoms with van der Waals surface area (Å²) in [6.07, 6.45) is 0. The van der Waals surface area contributed by atoms with Crippen molar-refractivity contribution in [3.8, 4) is 0 Å². The van der Waals surface area contributed by atoms with E-state index >= 15 is 0 Å². The average Bonchev–Trinajstić information content (AvgIpc) is 2.70. The van der Waals surface area contributed by atoms with E-state index in [9.17, 15) is 9.18 Å². The van der Waals surface area contributed by atoms with E-state index in [2.05, 4.69) is 10.2 Å². The van der Waals surface area contributed by atoms with Gasteiger partial charge in [0.05, 0.1) is 0 Å². The van der Waals surface area contributed by atoms with Crippen LogP contribution in [-0.4, -0.2) is 14.8 Å². The number of benzene rings is 1. The van der Waals surface area contributed by atoms with Gasteiger partial charge in [0, 0.05) is 22.5 Å². The Labute approximate surface area is 120 Å². The van der Waals surface area contributed by atoms with Gasteiger partial charge in [0.1, 0.15) is 5.82 Å². The molecule has 0 saturated carbocycles. The Balaban J connectivity index is 2.46. The number of aromatic nitrogens is 3. The molecule has 0 spiro atoms. The summed E-state index contributed by atoms with van der Waals surface area (Å²) in [5.74, 6) is -0.348. The average molecular weight is 296 g/mol. The molecule has 7 heteroatoms. The molecule has 0 radical (unpaired) electrons. The highest BCUT2D eigenvalue weighted by atomic mass is 32.2. The highest BCUT2D eigenvalue weighted by molar-refractivity contribution is 7.99. The minimum Gasteiger partial charge on any atom is -0.324 e. The highest BCUT2D eigenvalue weighted by Crippen LogP contribution is 2.33. The van der Waals surface area contributed by atoms with Gasteiger partial charge in [0.15, 0.2) is 5.16 Å². The zero-order valence-corrected chi connectivity index (χ0v) is 12.4. The maximum absolute atomic E-state index is 13.9. The van der Waals surface area contributed by atoms with Crippen LogP contribution < -0.4 is 11.4 Å². The summed E-state index contributed by atoms with van der Waals surface area (Å²) in [4.78, 5) is 12.4. The van der Waals surface area contributed by atoms with Crippen LogP contribution in [0.4, 0.5) is 4.39 Å². The van der Waals surface area contributed by atoms with Gasteiger partial charge >= 0.3 is 5.69 Å². The second-order valence-electron chi connectivity index (χ2n) is 4.82. The number of hydrogen-bond donors (Lipinski definition) is 2. The molecule has 0 fully saturated rings. The maximum atomic E-state index is 13.9. The number of aromatic amines is 1. The number of hydrogen-bond acceptors (Lipinski definition) is 4. The Morgan fingerprint density at radius 1 is 1.40 bits per heavy atom. The fraction of sp³-hybridized carbons (Fsp3) is 0.385. The van der Waals surface area contributed by atoms with Crippen LogP contribution >= 0.6 is 11.8 Å². The molecule has 1 aromatic heterocycles. The van der Waals surface area contributed by atoms with Crippen LogP contribution in [0.25, 0.3) is 0 Å². The van der Waals surface area contributed by atoms with Crippen molar-refractivity contribution in [1.29, 1.82) is 0 Å². The van der Waals surface area contributed by atoms with Gasteiger partial charge in [-0.1, -0.05) is 6.07 Å². The van der Waals surface area contributed by atoms with Crippen LogP contribution in [-0.2, 0) is 0 Å². The smallest absolute Gasteiger partial charge is 0.324 e. The molecule has 2 rings (SSSR count). The van der Waals surface area contributed by atoms with Crippen molar-refractivity contribution in [2.75, 3.05) is 0 Å². The lowest BCUT2D eigenvalue weighted by Crippen LogP contribution is -2.19. The fourth-order valence-corrected chi connectivity index (χ4v) is 3.18. The molecule has 2 aromatic rings. The van der Waals surface area contributed by atoms with Crippen LogP contribution in [0, 0.1) is 5.82 Å². The number of nitrogens with zero attached hydrogens (tertiary/aromatic N) is 2. The Bertz CT molecular complexity index is 663. The van der Waals surface area contributed by atoms with Crippen molar-refractivity contribution in [3.63, 3.8) is 0 Å². The Hall–Kier alpha value is -1.60. The van der Waals surface area contributed by atoms with Crippen molar-refractivity contribution in [1.82, 2.24) is 14.8 Å². The third kappa shape index (κ3) is 2.78. The highest BCUT2D eigenvalue weighted by Gasteiger charge is 2.18. The molecule has 5 nitrogen and oxygen atoms in total. The van der Waals surface area contributed by atoms with Crippen molar-refractivity contribution >= 4 is 11.8 Å². The number of halogens is 1. The van der Waals surface area contributed by atoms with Gasteiger partial charge < -0.3 is 5.73 Å². The Kier molecular flexibility index (Phi) is 4.29. The van der Waals surface area contributed by atoms with Crippen molar-refractivity contribution in [2.45, 2.75) is 42.9 Å². The quantitative estimate of drug-likeness (QED) is 0.908. The second kappa shape index (κ2) is 5.80. The third-order valence-electron chi connectivity index (χ3n) is 2.86. The molecule has 0 aliphatic heterocycles. The first kappa shape index (κ1) is 14.8. The van der Waals surface area contributed by atoms with Crippen LogP contribution in [0.15, 0.2) is 33.0 Å². The summed E-state index contributed by atoms with van der Waals surface area (Å²) in [5.41, 5.74) is 5.98. The molecule has 1 atom stereocenters. The molecule has 1 aromatic carbocycles. The summed E-state index contributed by atoms with van der Waals surface area (Å²) in [6.45, 7) is 5.50. The molecular formula is C13H17FN4OS. The molecule has 0 amide bonds. The van der Waals surface area contributed by atoms with E-state index < -0.39 is 6.04 Å². The minimum atomic E-state index is -0.433. The van der Waals surface area contributed by atoms with Gasteiger partial charge in [-0.05, 0) is 44.7 Å². The first-order chi connectivity index (χ1) is 9.41. The molecule has 108 valence electrons. The Morgan fingerprint density at radius 2 is 2.10 bits per heavy atom. The molecule has 0 bridgehead atoms. The molecule has 3 N–H and O–H groups in total. The molecule has 0 aliphatic carbocycles. The van der Waals surface area contributed by atoms with Crippen LogP contribution in [0.3, 0.4) is 0 Å². The minimum absolute atomic E-state index is 0.0314. The van der Waals surface area contributed by atoms with Gasteiger partial charge in [-0.2, -0.15) is 0 Å². The lowest BCUT2D eigenvalue weighted by molar-refractivity contribution is 0.533. The fourth-order valence-electron chi connectivity index (χ4n) is 1.96. The summed E-state index contributed by atoms with van der Waals surface area (Å²) in [6, 6.07) is 4.31. The largest absolute Gasteiger partial charge is 0.344 e. The van der Waals surface area contributed by atoms with E-state index in [1.54, 1.807) is 19.1 Å². The Morgan fingerprint density at radius 3 is 2.70 bits per heavy atom. The predicted molar refractivity (Wildman–Crippen MR) is 76.4 cm³/mol. The van der Waals surface area contributed by atoms with E-state index in [1.807, 2.05) is 13.8 Å². The van der Waals surface area contributed by atoms with Gasteiger partial charge in [-0.3, -0.25) is 4.57 Å². The number of nitrogens with one attached hydrogen (secondary N) is 1. The monoisotopic (exact) mass is 296 g/mol. The van der Waals surface area contributed by atoms with Crippen LogP contribution in [0.2, 0.25) is 0 Å². The number of rotatable bonds is 4. The third-order valence-corrected chi connectivity index (χ3v) is 3.90. The van der Waals surface area contributed by atoms with E-state index in [0.29, 0.717) is 15.6 Å². The maximum Gasteiger partial charge on any atom is 0.344 e. The van der Waals surface area contributed by atoms with Gasteiger partial charge in [0.25, 0.3) is 0 Å². The summed E-state index contributed by atoms with van der Waals surface area (Å²) >= 11 is 1.23. The standard InChI is InChI=1S/C13H17FN4OS/c1-7(2)18-12(19)16-17-13(18)20-10-6-4-5-9(14)11(10)8(3)15/h4-8H,15H2,1-3H3,(H,16,19). The molecule has 20 heavy (non-hydrogen) atoms. The lowest BCUT2D eigenvalue weighted by atomic mass is 10.1. The van der Waals surface area contributed by atoms with Gasteiger partial charge in [-0.25, -0.2) is 14.3 Å². The lowest BCUT2D eigenvalue weighted by Gasteiger charge is -2.14. The van der Waals surface area contributed by atoms with E-state index in [0.717, 1.165) is 0 Å². The topological polar surface area (TPSA) is 76.7 Å². The number of nitrogens with two attached hydrogens (primary N) is 1. The van der Waals surface area contributed by atoms with Gasteiger partial charge in [-0.15, -0.1) is 5.10 Å². The van der Waals surface area contributed by atoms with Gasteiger partial charge in [0.2, 0.25) is 0 Å². The van der Waals surface area contributed by atoms with Crippen molar-refractivity contribution in [2.24, 2.45) is 5.73 Å². The molecule has 1 unspecified atom stereocenters.